The van der Waals surface area contributed by atoms with Gasteiger partial charge in [-0.2, -0.15) is 0 Å². The van der Waals surface area contributed by atoms with E-state index >= 15 is 0 Å². The molecule has 0 aromatic heterocycles. The van der Waals surface area contributed by atoms with Gasteiger partial charge in [0.15, 0.2) is 0 Å². The van der Waals surface area contributed by atoms with Crippen molar-refractivity contribution in [3.63, 3.8) is 0 Å². The summed E-state index contributed by atoms with van der Waals surface area (Å²) in [5.41, 5.74) is 0.537. The number of hydrogen-bond acceptors (Lipinski definition) is 3. The summed E-state index contributed by atoms with van der Waals surface area (Å²) in [5.74, 6) is -0.344. The van der Waals surface area contributed by atoms with Gasteiger partial charge in [0.1, 0.15) is 6.10 Å². The highest BCUT2D eigenvalue weighted by molar-refractivity contribution is 5.89. The summed E-state index contributed by atoms with van der Waals surface area (Å²) >= 11 is 0. The number of carbonyl (C=O) groups excluding carboxylic acids is 1. The Morgan fingerprint density at radius 2 is 1.93 bits per heavy atom. The highest BCUT2D eigenvalue weighted by atomic mass is 16.5. The van der Waals surface area contributed by atoms with Crippen LogP contribution in [0.4, 0.5) is 0 Å². The van der Waals surface area contributed by atoms with Crippen LogP contribution in [0.15, 0.2) is 30.3 Å². The second-order valence-electron chi connectivity index (χ2n) is 3.67. The molecule has 2 atom stereocenters. The first-order chi connectivity index (χ1) is 7.09. The number of rotatable bonds is 4. The first-order valence-electron chi connectivity index (χ1n) is 5.03. The molecule has 15 heavy (non-hydrogen) atoms. The van der Waals surface area contributed by atoms with Crippen LogP contribution >= 0.6 is 0 Å². The van der Waals surface area contributed by atoms with Gasteiger partial charge in [0.25, 0.3) is 0 Å². The first kappa shape index (κ1) is 11.7. The highest BCUT2D eigenvalue weighted by Crippen LogP contribution is 2.07. The van der Waals surface area contributed by atoms with E-state index in [1.807, 2.05) is 6.07 Å². The minimum Gasteiger partial charge on any atom is -0.459 e. The molecule has 0 aliphatic heterocycles. The number of esters is 1. The van der Waals surface area contributed by atoms with Crippen molar-refractivity contribution in [2.24, 2.45) is 0 Å². The Balaban J connectivity index is 2.49. The van der Waals surface area contributed by atoms with Gasteiger partial charge in [-0.05, 0) is 26.0 Å². The molecule has 1 rings (SSSR count). The third-order valence-corrected chi connectivity index (χ3v) is 1.99. The van der Waals surface area contributed by atoms with Gasteiger partial charge in [0.05, 0.1) is 11.7 Å². The van der Waals surface area contributed by atoms with Crippen molar-refractivity contribution in [3.8, 4) is 0 Å². The maximum absolute atomic E-state index is 11.5. The van der Waals surface area contributed by atoms with Crippen LogP contribution in [-0.4, -0.2) is 23.3 Å². The molecule has 1 aromatic rings. The third kappa shape index (κ3) is 4.13. The number of benzene rings is 1. The van der Waals surface area contributed by atoms with Gasteiger partial charge in [-0.1, -0.05) is 18.2 Å². The van der Waals surface area contributed by atoms with Crippen LogP contribution in [0.1, 0.15) is 30.6 Å². The highest BCUT2D eigenvalue weighted by Gasteiger charge is 2.12. The van der Waals surface area contributed by atoms with E-state index in [9.17, 15) is 4.79 Å². The van der Waals surface area contributed by atoms with Crippen molar-refractivity contribution >= 4 is 5.97 Å². The number of hydrogen-bond donors (Lipinski definition) is 1. The summed E-state index contributed by atoms with van der Waals surface area (Å²) in [6.07, 6.45) is -0.264. The Labute approximate surface area is 89.7 Å². The molecule has 0 aliphatic rings. The molecule has 0 aliphatic carbocycles. The molecule has 1 N–H and O–H groups in total. The molecule has 0 fully saturated rings. The van der Waals surface area contributed by atoms with Gasteiger partial charge in [0, 0.05) is 6.42 Å². The number of carbonyl (C=O) groups is 1. The first-order valence-corrected chi connectivity index (χ1v) is 5.03. The van der Waals surface area contributed by atoms with Crippen LogP contribution in [0, 0.1) is 0 Å². The predicted molar refractivity (Wildman–Crippen MR) is 57.6 cm³/mol. The number of ether oxygens (including phenoxy) is 1. The normalized spacial score (nSPS) is 14.3. The van der Waals surface area contributed by atoms with Crippen molar-refractivity contribution in [2.45, 2.75) is 32.5 Å². The van der Waals surface area contributed by atoms with Crippen LogP contribution in [0.25, 0.3) is 0 Å². The van der Waals surface area contributed by atoms with Crippen molar-refractivity contribution in [1.29, 1.82) is 0 Å². The Morgan fingerprint density at radius 3 is 2.47 bits per heavy atom. The molecule has 82 valence electrons. The van der Waals surface area contributed by atoms with Gasteiger partial charge >= 0.3 is 5.97 Å². The number of aliphatic hydroxyl groups excluding tert-OH is 1. The lowest BCUT2D eigenvalue weighted by Crippen LogP contribution is -2.19. The van der Waals surface area contributed by atoms with E-state index in [-0.39, 0.29) is 12.1 Å². The molecule has 1 aromatic carbocycles. The average molecular weight is 208 g/mol. The summed E-state index contributed by atoms with van der Waals surface area (Å²) in [6.45, 7) is 3.44. The monoisotopic (exact) mass is 208 g/mol. The summed E-state index contributed by atoms with van der Waals surface area (Å²) in [4.78, 5) is 11.5. The van der Waals surface area contributed by atoms with Crippen molar-refractivity contribution in [3.05, 3.63) is 35.9 Å². The third-order valence-electron chi connectivity index (χ3n) is 1.99. The lowest BCUT2D eigenvalue weighted by Gasteiger charge is -2.14. The predicted octanol–water partition coefficient (Wildman–Crippen LogP) is 2.00. The Kier molecular flexibility index (Phi) is 4.31. The summed E-state index contributed by atoms with van der Waals surface area (Å²) in [6, 6.07) is 8.83. The van der Waals surface area contributed by atoms with Gasteiger partial charge in [-0.15, -0.1) is 0 Å². The van der Waals surface area contributed by atoms with E-state index in [1.165, 1.54) is 0 Å². The molecule has 3 heteroatoms. The Morgan fingerprint density at radius 1 is 1.33 bits per heavy atom. The standard InChI is InChI=1S/C12H16O3/c1-9(13)8-10(2)15-12(14)11-6-4-3-5-7-11/h3-7,9-10,13H,8H2,1-2H3/t9-,10-/m1/s1. The molecule has 0 heterocycles. The molecule has 0 spiro atoms. The fourth-order valence-electron chi connectivity index (χ4n) is 1.35. The van der Waals surface area contributed by atoms with Crippen molar-refractivity contribution in [2.75, 3.05) is 0 Å². The van der Waals surface area contributed by atoms with E-state index in [1.54, 1.807) is 38.1 Å². The van der Waals surface area contributed by atoms with Crippen LogP contribution in [0.3, 0.4) is 0 Å². The quantitative estimate of drug-likeness (QED) is 0.770. The Bertz CT molecular complexity index is 306. The summed E-state index contributed by atoms with van der Waals surface area (Å²) in [5, 5.41) is 9.11. The molecule has 0 amide bonds. The maximum atomic E-state index is 11.5. The second kappa shape index (κ2) is 5.51. The topological polar surface area (TPSA) is 46.5 Å². The van der Waals surface area contributed by atoms with Gasteiger partial charge < -0.3 is 9.84 Å². The molecule has 3 nitrogen and oxygen atoms in total. The van der Waals surface area contributed by atoms with E-state index < -0.39 is 6.10 Å². The van der Waals surface area contributed by atoms with Crippen LogP contribution in [0.2, 0.25) is 0 Å². The smallest absolute Gasteiger partial charge is 0.338 e. The molecule has 0 bridgehead atoms. The molecule has 0 radical (unpaired) electrons. The largest absolute Gasteiger partial charge is 0.459 e. The number of aliphatic hydroxyl groups is 1. The molecule has 0 saturated carbocycles. The summed E-state index contributed by atoms with van der Waals surface area (Å²) in [7, 11) is 0. The lowest BCUT2D eigenvalue weighted by molar-refractivity contribution is 0.0222. The van der Waals surface area contributed by atoms with E-state index in [0.29, 0.717) is 12.0 Å². The zero-order chi connectivity index (χ0) is 11.3. The van der Waals surface area contributed by atoms with Gasteiger partial charge in [-0.25, -0.2) is 4.79 Å². The lowest BCUT2D eigenvalue weighted by atomic mass is 10.2. The van der Waals surface area contributed by atoms with E-state index in [0.717, 1.165) is 0 Å². The minimum absolute atomic E-state index is 0.266. The van der Waals surface area contributed by atoms with Gasteiger partial charge in [0.2, 0.25) is 0 Å². The molecule has 0 saturated heterocycles. The van der Waals surface area contributed by atoms with Crippen LogP contribution in [0.5, 0.6) is 0 Å². The fourth-order valence-corrected chi connectivity index (χ4v) is 1.35. The summed E-state index contributed by atoms with van der Waals surface area (Å²) < 4.78 is 5.15. The van der Waals surface area contributed by atoms with Crippen molar-refractivity contribution in [1.82, 2.24) is 0 Å². The zero-order valence-electron chi connectivity index (χ0n) is 9.01. The Hall–Kier alpha value is -1.35. The van der Waals surface area contributed by atoms with Crippen LogP contribution < -0.4 is 0 Å². The zero-order valence-corrected chi connectivity index (χ0v) is 9.01. The van der Waals surface area contributed by atoms with Crippen LogP contribution in [-0.2, 0) is 4.74 Å². The fraction of sp³-hybridized carbons (Fsp3) is 0.417. The molecule has 0 unspecified atom stereocenters. The minimum atomic E-state index is -0.455. The second-order valence-corrected chi connectivity index (χ2v) is 3.67. The average Bonchev–Trinajstić information content (AvgIpc) is 2.17. The molecular weight excluding hydrogens is 192 g/mol. The van der Waals surface area contributed by atoms with E-state index in [2.05, 4.69) is 0 Å². The van der Waals surface area contributed by atoms with E-state index in [4.69, 9.17) is 9.84 Å². The van der Waals surface area contributed by atoms with Gasteiger partial charge in [-0.3, -0.25) is 0 Å². The molecular formula is C12H16O3. The SMILES string of the molecule is C[C@H](C[C@@H](C)O)OC(=O)c1ccccc1. The maximum Gasteiger partial charge on any atom is 0.338 e. The van der Waals surface area contributed by atoms with Crippen molar-refractivity contribution < 1.29 is 14.6 Å².